The molecule has 2 rings (SSSR count). The quantitative estimate of drug-likeness (QED) is 0.605. The topological polar surface area (TPSA) is 59.3 Å². The van der Waals surface area contributed by atoms with E-state index in [4.69, 9.17) is 0 Å². The molecule has 17 heavy (non-hydrogen) atoms. The SMILES string of the molecule is CC(=O)NCCC#Cc1cnc2ncccn12. The van der Waals surface area contributed by atoms with Crippen molar-refractivity contribution in [1.82, 2.24) is 19.7 Å². The largest absolute Gasteiger partial charge is 0.355 e. The summed E-state index contributed by atoms with van der Waals surface area (Å²) < 4.78 is 1.82. The van der Waals surface area contributed by atoms with Gasteiger partial charge < -0.3 is 5.32 Å². The Hall–Kier alpha value is -2.35. The van der Waals surface area contributed by atoms with Gasteiger partial charge in [0.2, 0.25) is 11.7 Å². The molecule has 0 fully saturated rings. The monoisotopic (exact) mass is 228 g/mol. The van der Waals surface area contributed by atoms with Gasteiger partial charge in [-0.3, -0.25) is 9.20 Å². The third kappa shape index (κ3) is 2.82. The fourth-order valence-electron chi connectivity index (χ4n) is 1.37. The fourth-order valence-corrected chi connectivity index (χ4v) is 1.37. The summed E-state index contributed by atoms with van der Waals surface area (Å²) in [4.78, 5) is 18.9. The Bertz CT molecular complexity index is 591. The van der Waals surface area contributed by atoms with Crippen LogP contribution in [0.3, 0.4) is 0 Å². The summed E-state index contributed by atoms with van der Waals surface area (Å²) in [5, 5.41) is 2.69. The lowest BCUT2D eigenvalue weighted by atomic mass is 10.4. The number of nitrogens with one attached hydrogen (secondary N) is 1. The Labute approximate surface area is 98.9 Å². The summed E-state index contributed by atoms with van der Waals surface area (Å²) in [5.41, 5.74) is 0.802. The first-order chi connectivity index (χ1) is 8.27. The van der Waals surface area contributed by atoms with Crippen LogP contribution < -0.4 is 5.32 Å². The Balaban J connectivity index is 2.04. The van der Waals surface area contributed by atoms with E-state index in [-0.39, 0.29) is 5.91 Å². The number of nitrogens with zero attached hydrogens (tertiary/aromatic N) is 3. The molecule has 86 valence electrons. The molecule has 0 bridgehead atoms. The minimum Gasteiger partial charge on any atom is -0.355 e. The molecule has 0 spiro atoms. The van der Waals surface area contributed by atoms with Gasteiger partial charge in [0.25, 0.3) is 0 Å². The van der Waals surface area contributed by atoms with Gasteiger partial charge in [-0.05, 0) is 12.0 Å². The third-order valence-corrected chi connectivity index (χ3v) is 2.13. The van der Waals surface area contributed by atoms with Gasteiger partial charge in [-0.2, -0.15) is 0 Å². The summed E-state index contributed by atoms with van der Waals surface area (Å²) >= 11 is 0. The first-order valence-corrected chi connectivity index (χ1v) is 5.29. The molecule has 1 N–H and O–H groups in total. The zero-order chi connectivity index (χ0) is 12.1. The molecule has 0 atom stereocenters. The Morgan fingerprint density at radius 2 is 2.41 bits per heavy atom. The second-order valence-electron chi connectivity index (χ2n) is 3.47. The number of fused-ring (bicyclic) bond motifs is 1. The van der Waals surface area contributed by atoms with Gasteiger partial charge in [0.15, 0.2) is 0 Å². The van der Waals surface area contributed by atoms with Crippen molar-refractivity contribution in [3.63, 3.8) is 0 Å². The van der Waals surface area contributed by atoms with Crippen molar-refractivity contribution < 1.29 is 4.79 Å². The standard InChI is InChI=1S/C12H12N4O/c1-10(17)13-6-3-2-5-11-9-15-12-14-7-4-8-16(11)12/h4,7-9H,3,6H2,1H3,(H,13,17). The van der Waals surface area contributed by atoms with Gasteiger partial charge >= 0.3 is 0 Å². The van der Waals surface area contributed by atoms with E-state index in [1.165, 1.54) is 6.92 Å². The van der Waals surface area contributed by atoms with Crippen molar-refractivity contribution in [2.24, 2.45) is 0 Å². The predicted octanol–water partition coefficient (Wildman–Crippen LogP) is 0.607. The number of carbonyl (C=O) groups excluding carboxylic acids is 1. The predicted molar refractivity (Wildman–Crippen MR) is 63.2 cm³/mol. The van der Waals surface area contributed by atoms with Gasteiger partial charge in [0.05, 0.1) is 6.20 Å². The summed E-state index contributed by atoms with van der Waals surface area (Å²) in [7, 11) is 0. The Morgan fingerprint density at radius 3 is 3.24 bits per heavy atom. The zero-order valence-corrected chi connectivity index (χ0v) is 9.47. The summed E-state index contributed by atoms with van der Waals surface area (Å²) in [6, 6.07) is 1.83. The number of amides is 1. The van der Waals surface area contributed by atoms with E-state index in [9.17, 15) is 4.79 Å². The smallest absolute Gasteiger partial charge is 0.234 e. The molecule has 2 aromatic heterocycles. The molecule has 0 saturated heterocycles. The van der Waals surface area contributed by atoms with Crippen molar-refractivity contribution in [3.8, 4) is 11.8 Å². The van der Waals surface area contributed by atoms with Crippen molar-refractivity contribution in [1.29, 1.82) is 0 Å². The zero-order valence-electron chi connectivity index (χ0n) is 9.47. The second kappa shape index (κ2) is 5.12. The van der Waals surface area contributed by atoms with Gasteiger partial charge in [-0.25, -0.2) is 9.97 Å². The lowest BCUT2D eigenvalue weighted by molar-refractivity contribution is -0.118. The summed E-state index contributed by atoms with van der Waals surface area (Å²) in [6.07, 6.45) is 5.87. The average Bonchev–Trinajstić information content (AvgIpc) is 2.72. The van der Waals surface area contributed by atoms with Crippen LogP contribution in [-0.2, 0) is 4.79 Å². The van der Waals surface area contributed by atoms with Crippen LogP contribution in [0.4, 0.5) is 0 Å². The average molecular weight is 228 g/mol. The highest BCUT2D eigenvalue weighted by molar-refractivity contribution is 5.72. The molecule has 2 heterocycles. The van der Waals surface area contributed by atoms with Crippen LogP contribution in [0, 0.1) is 11.8 Å². The lowest BCUT2D eigenvalue weighted by Crippen LogP contribution is -2.20. The Morgan fingerprint density at radius 1 is 1.53 bits per heavy atom. The van der Waals surface area contributed by atoms with E-state index in [1.807, 2.05) is 16.7 Å². The molecule has 0 aromatic carbocycles. The normalized spacial score (nSPS) is 9.71. The molecule has 1 amide bonds. The molecule has 5 heteroatoms. The van der Waals surface area contributed by atoms with E-state index < -0.39 is 0 Å². The van der Waals surface area contributed by atoms with Crippen LogP contribution in [0.25, 0.3) is 5.78 Å². The van der Waals surface area contributed by atoms with E-state index in [2.05, 4.69) is 27.1 Å². The molecule has 0 unspecified atom stereocenters. The molecular weight excluding hydrogens is 216 g/mol. The van der Waals surface area contributed by atoms with Crippen LogP contribution >= 0.6 is 0 Å². The van der Waals surface area contributed by atoms with Crippen molar-refractivity contribution in [2.45, 2.75) is 13.3 Å². The third-order valence-electron chi connectivity index (χ3n) is 2.13. The number of hydrogen-bond acceptors (Lipinski definition) is 3. The van der Waals surface area contributed by atoms with Gasteiger partial charge in [-0.15, -0.1) is 0 Å². The number of imidazole rings is 1. The maximum atomic E-state index is 10.6. The van der Waals surface area contributed by atoms with Crippen LogP contribution in [-0.4, -0.2) is 26.8 Å². The number of rotatable bonds is 2. The first kappa shape index (κ1) is 11.1. The van der Waals surface area contributed by atoms with E-state index in [1.54, 1.807) is 12.4 Å². The molecule has 5 nitrogen and oxygen atoms in total. The highest BCUT2D eigenvalue weighted by atomic mass is 16.1. The van der Waals surface area contributed by atoms with Crippen LogP contribution in [0.1, 0.15) is 19.0 Å². The summed E-state index contributed by atoms with van der Waals surface area (Å²) in [6.45, 7) is 2.06. The van der Waals surface area contributed by atoms with Gasteiger partial charge in [0, 0.05) is 32.3 Å². The van der Waals surface area contributed by atoms with Gasteiger partial charge in [0.1, 0.15) is 5.69 Å². The summed E-state index contributed by atoms with van der Waals surface area (Å²) in [5.74, 6) is 6.58. The first-order valence-electron chi connectivity index (χ1n) is 5.29. The van der Waals surface area contributed by atoms with Crippen molar-refractivity contribution >= 4 is 11.7 Å². The van der Waals surface area contributed by atoms with E-state index >= 15 is 0 Å². The molecule has 0 aliphatic rings. The maximum Gasteiger partial charge on any atom is 0.234 e. The minimum absolute atomic E-state index is 0.0363. The van der Waals surface area contributed by atoms with Crippen LogP contribution in [0.5, 0.6) is 0 Å². The highest BCUT2D eigenvalue weighted by Crippen LogP contribution is 2.01. The van der Waals surface area contributed by atoms with E-state index in [0.29, 0.717) is 18.7 Å². The molecule has 0 aliphatic heterocycles. The Kier molecular flexibility index (Phi) is 3.36. The van der Waals surface area contributed by atoms with Crippen molar-refractivity contribution in [3.05, 3.63) is 30.4 Å². The van der Waals surface area contributed by atoms with Gasteiger partial charge in [-0.1, -0.05) is 5.92 Å². The van der Waals surface area contributed by atoms with Crippen LogP contribution in [0.15, 0.2) is 24.7 Å². The van der Waals surface area contributed by atoms with Crippen LogP contribution in [0.2, 0.25) is 0 Å². The molecular formula is C12H12N4O. The molecule has 0 saturated carbocycles. The molecule has 0 radical (unpaired) electrons. The number of carbonyl (C=O) groups is 1. The second-order valence-corrected chi connectivity index (χ2v) is 3.47. The fraction of sp³-hybridized carbons (Fsp3) is 0.250. The highest BCUT2D eigenvalue weighted by Gasteiger charge is 1.98. The molecule has 0 aliphatic carbocycles. The maximum absolute atomic E-state index is 10.6. The lowest BCUT2D eigenvalue weighted by Gasteiger charge is -1.94. The number of aromatic nitrogens is 3. The van der Waals surface area contributed by atoms with E-state index in [0.717, 1.165) is 5.69 Å². The molecule has 2 aromatic rings. The number of hydrogen-bond donors (Lipinski definition) is 1. The minimum atomic E-state index is -0.0363. The van der Waals surface area contributed by atoms with Crippen molar-refractivity contribution in [2.75, 3.05) is 6.54 Å².